The van der Waals surface area contributed by atoms with Gasteiger partial charge in [0.05, 0.1) is 0 Å². The lowest BCUT2D eigenvalue weighted by Gasteiger charge is -2.60. The van der Waals surface area contributed by atoms with Crippen LogP contribution < -0.4 is 5.73 Å². The molecular weight excluding hydrogens is 224 g/mol. The highest BCUT2D eigenvalue weighted by Gasteiger charge is 2.55. The van der Waals surface area contributed by atoms with Crippen molar-refractivity contribution in [1.82, 2.24) is 4.90 Å². The Morgan fingerprint density at radius 3 is 2.11 bits per heavy atom. The maximum atomic E-state index is 12.3. The first-order chi connectivity index (χ1) is 8.68. The van der Waals surface area contributed by atoms with Crippen LogP contribution in [0.15, 0.2) is 0 Å². The molecule has 0 aromatic rings. The highest BCUT2D eigenvalue weighted by Crippen LogP contribution is 2.58. The first kappa shape index (κ1) is 11.3. The molecule has 5 rings (SSSR count). The lowest BCUT2D eigenvalue weighted by Crippen LogP contribution is -2.60. The molecule has 1 atom stereocenters. The van der Waals surface area contributed by atoms with E-state index in [2.05, 4.69) is 4.90 Å². The third-order valence-electron chi connectivity index (χ3n) is 6.12. The van der Waals surface area contributed by atoms with E-state index in [4.69, 9.17) is 5.73 Å². The number of rotatable bonds is 2. The van der Waals surface area contributed by atoms with Crippen molar-refractivity contribution in [2.24, 2.45) is 29.4 Å². The summed E-state index contributed by atoms with van der Waals surface area (Å²) >= 11 is 0. The van der Waals surface area contributed by atoms with E-state index >= 15 is 0 Å². The molecule has 0 radical (unpaired) electrons. The van der Waals surface area contributed by atoms with Crippen LogP contribution in [0.3, 0.4) is 0 Å². The number of nitrogens with zero attached hydrogens (tertiary/aromatic N) is 1. The number of likely N-dealkylation sites (tertiary alicyclic amines) is 1. The predicted molar refractivity (Wildman–Crippen MR) is 69.8 cm³/mol. The normalized spacial score (nSPS) is 50.3. The molecule has 1 aliphatic heterocycles. The van der Waals surface area contributed by atoms with Gasteiger partial charge in [0.2, 0.25) is 5.91 Å². The van der Waals surface area contributed by atoms with Crippen molar-refractivity contribution < 1.29 is 4.79 Å². The second-order valence-electron chi connectivity index (χ2n) is 7.45. The highest BCUT2D eigenvalue weighted by molar-refractivity contribution is 5.79. The largest absolute Gasteiger partial charge is 0.337 e. The molecule has 0 aromatic heterocycles. The molecule has 4 bridgehead atoms. The lowest BCUT2D eigenvalue weighted by atomic mass is 9.52. The van der Waals surface area contributed by atoms with Crippen LogP contribution in [0.4, 0.5) is 0 Å². The van der Waals surface area contributed by atoms with Gasteiger partial charge >= 0.3 is 0 Å². The van der Waals surface area contributed by atoms with Gasteiger partial charge in [-0.15, -0.1) is 0 Å². The third-order valence-corrected chi connectivity index (χ3v) is 6.12. The molecule has 1 amide bonds. The first-order valence-electron chi connectivity index (χ1n) is 7.69. The Morgan fingerprint density at radius 1 is 1.11 bits per heavy atom. The second kappa shape index (κ2) is 3.72. The van der Waals surface area contributed by atoms with Gasteiger partial charge in [-0.05, 0) is 68.7 Å². The van der Waals surface area contributed by atoms with Gasteiger partial charge in [0, 0.05) is 18.5 Å². The van der Waals surface area contributed by atoms with Crippen LogP contribution in [-0.4, -0.2) is 29.4 Å². The Hall–Kier alpha value is -0.570. The second-order valence-corrected chi connectivity index (χ2v) is 7.45. The molecule has 0 aromatic carbocycles. The molecule has 18 heavy (non-hydrogen) atoms. The van der Waals surface area contributed by atoms with Crippen molar-refractivity contribution in [2.45, 2.75) is 50.5 Å². The summed E-state index contributed by atoms with van der Waals surface area (Å²) in [5, 5.41) is 0. The molecule has 4 aliphatic carbocycles. The van der Waals surface area contributed by atoms with Gasteiger partial charge in [-0.2, -0.15) is 0 Å². The molecular formula is C15H24N2O. The topological polar surface area (TPSA) is 46.3 Å². The molecule has 5 fully saturated rings. The SMILES string of the molecule is NCC1CC(=O)N(C23CC4CC(CC(C4)C2)C3)C1. The third kappa shape index (κ3) is 1.49. The monoisotopic (exact) mass is 248 g/mol. The van der Waals surface area contributed by atoms with E-state index in [0.29, 0.717) is 24.8 Å². The summed E-state index contributed by atoms with van der Waals surface area (Å²) < 4.78 is 0. The summed E-state index contributed by atoms with van der Waals surface area (Å²) in [4.78, 5) is 14.6. The van der Waals surface area contributed by atoms with Crippen molar-refractivity contribution in [3.05, 3.63) is 0 Å². The van der Waals surface area contributed by atoms with Crippen molar-refractivity contribution in [1.29, 1.82) is 0 Å². The summed E-state index contributed by atoms with van der Waals surface area (Å²) in [6.45, 7) is 1.62. The minimum absolute atomic E-state index is 0.260. The van der Waals surface area contributed by atoms with Crippen LogP contribution in [0, 0.1) is 23.7 Å². The smallest absolute Gasteiger partial charge is 0.223 e. The molecule has 3 nitrogen and oxygen atoms in total. The number of carbonyl (C=O) groups is 1. The number of carbonyl (C=O) groups excluding carboxylic acids is 1. The molecule has 3 heteroatoms. The van der Waals surface area contributed by atoms with E-state index in [0.717, 1.165) is 24.3 Å². The van der Waals surface area contributed by atoms with Crippen molar-refractivity contribution in [3.63, 3.8) is 0 Å². The van der Waals surface area contributed by atoms with Crippen LogP contribution in [0.25, 0.3) is 0 Å². The molecule has 5 aliphatic rings. The summed E-state index contributed by atoms with van der Waals surface area (Å²) in [7, 11) is 0. The standard InChI is InChI=1S/C15H24N2O/c16-8-13-4-14(18)17(9-13)15-5-10-1-11(6-15)3-12(2-10)7-15/h10-13H,1-9,16H2. The Balaban J connectivity index is 1.62. The van der Waals surface area contributed by atoms with E-state index in [1.54, 1.807) is 0 Å². The molecule has 2 N–H and O–H groups in total. The number of nitrogens with two attached hydrogens (primary N) is 1. The Kier molecular flexibility index (Phi) is 2.33. The summed E-state index contributed by atoms with van der Waals surface area (Å²) in [5.41, 5.74) is 6.03. The van der Waals surface area contributed by atoms with Crippen LogP contribution in [0.2, 0.25) is 0 Å². The fourth-order valence-electron chi connectivity index (χ4n) is 5.79. The number of hydrogen-bond donors (Lipinski definition) is 1. The van der Waals surface area contributed by atoms with Crippen LogP contribution in [0.1, 0.15) is 44.9 Å². The highest BCUT2D eigenvalue weighted by atomic mass is 16.2. The van der Waals surface area contributed by atoms with E-state index in [-0.39, 0.29) is 5.54 Å². The Labute approximate surface area is 109 Å². The zero-order valence-corrected chi connectivity index (χ0v) is 11.1. The molecule has 1 heterocycles. The average molecular weight is 248 g/mol. The van der Waals surface area contributed by atoms with Gasteiger partial charge in [-0.1, -0.05) is 0 Å². The van der Waals surface area contributed by atoms with Gasteiger partial charge in [0.1, 0.15) is 0 Å². The van der Waals surface area contributed by atoms with Crippen LogP contribution >= 0.6 is 0 Å². The quantitative estimate of drug-likeness (QED) is 0.809. The fraction of sp³-hybridized carbons (Fsp3) is 0.933. The summed E-state index contributed by atoms with van der Waals surface area (Å²) in [6.07, 6.45) is 8.93. The predicted octanol–water partition coefficient (Wildman–Crippen LogP) is 1.76. The van der Waals surface area contributed by atoms with Crippen LogP contribution in [-0.2, 0) is 4.79 Å². The van der Waals surface area contributed by atoms with Gasteiger partial charge in [0.25, 0.3) is 0 Å². The number of hydrogen-bond acceptors (Lipinski definition) is 2. The fourth-order valence-corrected chi connectivity index (χ4v) is 5.79. The zero-order chi connectivity index (χ0) is 12.3. The van der Waals surface area contributed by atoms with Gasteiger partial charge < -0.3 is 10.6 Å². The molecule has 1 saturated heterocycles. The maximum absolute atomic E-state index is 12.3. The number of amides is 1. The Morgan fingerprint density at radius 2 is 1.67 bits per heavy atom. The minimum Gasteiger partial charge on any atom is -0.337 e. The van der Waals surface area contributed by atoms with Gasteiger partial charge in [-0.25, -0.2) is 0 Å². The maximum Gasteiger partial charge on any atom is 0.223 e. The van der Waals surface area contributed by atoms with E-state index in [9.17, 15) is 4.79 Å². The summed E-state index contributed by atoms with van der Waals surface area (Å²) in [5.74, 6) is 3.57. The van der Waals surface area contributed by atoms with E-state index in [1.165, 1.54) is 38.5 Å². The van der Waals surface area contributed by atoms with Crippen molar-refractivity contribution in [3.8, 4) is 0 Å². The lowest BCUT2D eigenvalue weighted by molar-refractivity contribution is -0.145. The Bertz CT molecular complexity index is 343. The molecule has 4 saturated carbocycles. The first-order valence-corrected chi connectivity index (χ1v) is 7.69. The van der Waals surface area contributed by atoms with E-state index in [1.807, 2.05) is 0 Å². The van der Waals surface area contributed by atoms with Crippen molar-refractivity contribution >= 4 is 5.91 Å². The average Bonchev–Trinajstić information content (AvgIpc) is 2.69. The van der Waals surface area contributed by atoms with Gasteiger partial charge in [-0.3, -0.25) is 4.79 Å². The van der Waals surface area contributed by atoms with E-state index < -0.39 is 0 Å². The minimum atomic E-state index is 0.260. The van der Waals surface area contributed by atoms with Crippen LogP contribution in [0.5, 0.6) is 0 Å². The van der Waals surface area contributed by atoms with Crippen molar-refractivity contribution in [2.75, 3.05) is 13.1 Å². The summed E-state index contributed by atoms with van der Waals surface area (Å²) in [6, 6.07) is 0. The molecule has 0 spiro atoms. The molecule has 100 valence electrons. The zero-order valence-electron chi connectivity index (χ0n) is 11.1. The molecule has 1 unspecified atom stereocenters. The van der Waals surface area contributed by atoms with Gasteiger partial charge in [0.15, 0.2) is 0 Å².